The minimum atomic E-state index is 0.00375. The molecule has 1 saturated heterocycles. The molecule has 0 radical (unpaired) electrons. The molecule has 140 valence electrons. The van der Waals surface area contributed by atoms with Crippen LogP contribution in [0.1, 0.15) is 10.5 Å². The zero-order valence-corrected chi connectivity index (χ0v) is 16.6. The molecule has 1 amide bonds. The molecule has 1 aliphatic heterocycles. The maximum atomic E-state index is 12.9. The van der Waals surface area contributed by atoms with Crippen molar-refractivity contribution >= 4 is 44.1 Å². The van der Waals surface area contributed by atoms with Crippen LogP contribution in [-0.2, 0) is 0 Å². The monoisotopic (exact) mass is 407 g/mol. The van der Waals surface area contributed by atoms with Gasteiger partial charge < -0.3 is 9.80 Å². The van der Waals surface area contributed by atoms with Crippen LogP contribution in [0.4, 0.5) is 5.13 Å². The van der Waals surface area contributed by atoms with Gasteiger partial charge in [0.25, 0.3) is 5.91 Å². The Kier molecular flexibility index (Phi) is 4.50. The van der Waals surface area contributed by atoms with E-state index in [1.54, 1.807) is 17.5 Å². The van der Waals surface area contributed by atoms with Crippen LogP contribution in [0.15, 0.2) is 54.0 Å². The van der Waals surface area contributed by atoms with E-state index in [0.29, 0.717) is 18.8 Å². The number of nitrogens with zero attached hydrogens (tertiary/aromatic N) is 5. The smallest absolute Gasteiger partial charge is 0.273 e. The summed E-state index contributed by atoms with van der Waals surface area (Å²) in [5, 5.41) is 3.71. The number of amides is 1. The Bertz CT molecular complexity index is 1080. The van der Waals surface area contributed by atoms with E-state index in [1.807, 2.05) is 52.7 Å². The molecule has 4 heterocycles. The molecule has 0 saturated carbocycles. The van der Waals surface area contributed by atoms with E-state index < -0.39 is 0 Å². The molecule has 28 heavy (non-hydrogen) atoms. The molecule has 1 fully saturated rings. The number of carbonyl (C=O) groups is 1. The molecule has 0 unspecified atom stereocenters. The van der Waals surface area contributed by atoms with Gasteiger partial charge in [-0.2, -0.15) is 0 Å². The fourth-order valence-corrected chi connectivity index (χ4v) is 5.00. The number of piperazine rings is 1. The van der Waals surface area contributed by atoms with E-state index in [2.05, 4.69) is 19.9 Å². The Morgan fingerprint density at radius 1 is 0.964 bits per heavy atom. The van der Waals surface area contributed by atoms with Crippen LogP contribution < -0.4 is 4.90 Å². The molecular formula is C20H17N5OS2. The highest BCUT2D eigenvalue weighted by Gasteiger charge is 2.25. The van der Waals surface area contributed by atoms with Gasteiger partial charge in [0.1, 0.15) is 21.0 Å². The summed E-state index contributed by atoms with van der Waals surface area (Å²) in [4.78, 5) is 31.5. The van der Waals surface area contributed by atoms with Crippen molar-refractivity contribution < 1.29 is 4.79 Å². The first kappa shape index (κ1) is 17.3. The predicted octanol–water partition coefficient (Wildman–Crippen LogP) is 3.78. The molecular weight excluding hydrogens is 390 g/mol. The lowest BCUT2D eigenvalue weighted by atomic mass is 10.2. The minimum absolute atomic E-state index is 0.00375. The summed E-state index contributed by atoms with van der Waals surface area (Å²) in [6.45, 7) is 2.86. The summed E-state index contributed by atoms with van der Waals surface area (Å²) in [7, 11) is 0. The number of pyridine rings is 1. The fourth-order valence-electron chi connectivity index (χ4n) is 3.24. The lowest BCUT2D eigenvalue weighted by Gasteiger charge is -2.34. The van der Waals surface area contributed by atoms with Crippen molar-refractivity contribution in [3.8, 4) is 10.6 Å². The van der Waals surface area contributed by atoms with Crippen LogP contribution >= 0.6 is 22.7 Å². The molecule has 1 aromatic carbocycles. The normalized spacial score (nSPS) is 14.6. The van der Waals surface area contributed by atoms with Gasteiger partial charge in [-0.3, -0.25) is 4.79 Å². The summed E-state index contributed by atoms with van der Waals surface area (Å²) >= 11 is 3.11. The lowest BCUT2D eigenvalue weighted by molar-refractivity contribution is 0.0742. The lowest BCUT2D eigenvalue weighted by Crippen LogP contribution is -2.48. The third kappa shape index (κ3) is 3.25. The third-order valence-electron chi connectivity index (χ3n) is 4.74. The van der Waals surface area contributed by atoms with Crippen LogP contribution in [-0.4, -0.2) is 51.9 Å². The summed E-state index contributed by atoms with van der Waals surface area (Å²) in [6.07, 6.45) is 1.79. The van der Waals surface area contributed by atoms with Gasteiger partial charge in [0.05, 0.1) is 0 Å². The fraction of sp³-hybridized carbons (Fsp3) is 0.200. The van der Waals surface area contributed by atoms with Crippen molar-refractivity contribution in [2.24, 2.45) is 0 Å². The Balaban J connectivity index is 1.26. The van der Waals surface area contributed by atoms with E-state index in [4.69, 9.17) is 0 Å². The Labute approximate surface area is 170 Å². The van der Waals surface area contributed by atoms with Gasteiger partial charge in [-0.1, -0.05) is 41.7 Å². The number of carbonyl (C=O) groups excluding carboxylic acids is 1. The van der Waals surface area contributed by atoms with Gasteiger partial charge in [0, 0.05) is 43.3 Å². The van der Waals surface area contributed by atoms with Gasteiger partial charge in [-0.05, 0) is 12.1 Å². The van der Waals surface area contributed by atoms with Crippen LogP contribution in [0.5, 0.6) is 0 Å². The molecule has 1 aliphatic rings. The number of fused-ring (bicyclic) bond motifs is 1. The maximum Gasteiger partial charge on any atom is 0.273 e. The van der Waals surface area contributed by atoms with Crippen molar-refractivity contribution in [3.63, 3.8) is 0 Å². The van der Waals surface area contributed by atoms with Gasteiger partial charge in [-0.15, -0.1) is 11.3 Å². The number of hydrogen-bond donors (Lipinski definition) is 0. The number of thiazole rings is 2. The quantitative estimate of drug-likeness (QED) is 0.517. The Hall–Kier alpha value is -2.84. The molecule has 8 heteroatoms. The SMILES string of the molecule is O=C(c1csc(-c2ccccc2)n1)N1CCN(c2nc3cccnc3s2)CC1. The second kappa shape index (κ2) is 7.29. The molecule has 0 atom stereocenters. The van der Waals surface area contributed by atoms with Crippen molar-refractivity contribution in [3.05, 3.63) is 59.7 Å². The topological polar surface area (TPSA) is 62.2 Å². The first-order chi connectivity index (χ1) is 13.8. The van der Waals surface area contributed by atoms with Crippen molar-refractivity contribution in [1.82, 2.24) is 19.9 Å². The van der Waals surface area contributed by atoms with E-state index in [9.17, 15) is 4.79 Å². The van der Waals surface area contributed by atoms with Gasteiger partial charge in [0.15, 0.2) is 5.13 Å². The standard InChI is InChI=1S/C20H17N5OS2/c26-19(16-13-27-17(22-16)14-5-2-1-3-6-14)24-9-11-25(12-10-24)20-23-15-7-4-8-21-18(15)28-20/h1-8,13H,9-12H2. The summed E-state index contributed by atoms with van der Waals surface area (Å²) in [5.41, 5.74) is 2.50. The second-order valence-corrected chi connectivity index (χ2v) is 8.32. The van der Waals surface area contributed by atoms with Crippen LogP contribution in [0.25, 0.3) is 20.9 Å². The number of hydrogen-bond acceptors (Lipinski definition) is 7. The highest BCUT2D eigenvalue weighted by atomic mass is 32.1. The first-order valence-corrected chi connectivity index (χ1v) is 10.7. The molecule has 4 aromatic rings. The number of anilines is 1. The highest BCUT2D eigenvalue weighted by Crippen LogP contribution is 2.28. The van der Waals surface area contributed by atoms with Crippen LogP contribution in [0.3, 0.4) is 0 Å². The zero-order chi connectivity index (χ0) is 18.9. The van der Waals surface area contributed by atoms with Gasteiger partial charge in [-0.25, -0.2) is 15.0 Å². The zero-order valence-electron chi connectivity index (χ0n) is 15.0. The van der Waals surface area contributed by atoms with Crippen LogP contribution in [0.2, 0.25) is 0 Å². The minimum Gasteiger partial charge on any atom is -0.344 e. The average molecular weight is 408 g/mol. The summed E-state index contributed by atoms with van der Waals surface area (Å²) in [6, 6.07) is 13.8. The molecule has 6 nitrogen and oxygen atoms in total. The maximum absolute atomic E-state index is 12.9. The average Bonchev–Trinajstić information content (AvgIpc) is 3.41. The highest BCUT2D eigenvalue weighted by molar-refractivity contribution is 7.21. The number of aromatic nitrogens is 3. The molecule has 0 bridgehead atoms. The van der Waals surface area contributed by atoms with E-state index in [1.165, 1.54) is 11.3 Å². The first-order valence-electron chi connectivity index (χ1n) is 9.05. The molecule has 3 aromatic heterocycles. The van der Waals surface area contributed by atoms with Gasteiger partial charge >= 0.3 is 0 Å². The van der Waals surface area contributed by atoms with Crippen LogP contribution in [0, 0.1) is 0 Å². The Morgan fingerprint density at radius 3 is 2.57 bits per heavy atom. The third-order valence-corrected chi connectivity index (χ3v) is 6.67. The van der Waals surface area contributed by atoms with E-state index >= 15 is 0 Å². The number of rotatable bonds is 3. The summed E-state index contributed by atoms with van der Waals surface area (Å²) in [5.74, 6) is 0.00375. The second-order valence-electron chi connectivity index (χ2n) is 6.51. The molecule has 0 N–H and O–H groups in total. The van der Waals surface area contributed by atoms with E-state index in [-0.39, 0.29) is 5.91 Å². The van der Waals surface area contributed by atoms with Gasteiger partial charge in [0.2, 0.25) is 0 Å². The van der Waals surface area contributed by atoms with E-state index in [0.717, 1.165) is 39.1 Å². The predicted molar refractivity (Wildman–Crippen MR) is 113 cm³/mol. The molecule has 5 rings (SSSR count). The molecule has 0 spiro atoms. The Morgan fingerprint density at radius 2 is 1.79 bits per heavy atom. The summed E-state index contributed by atoms with van der Waals surface area (Å²) < 4.78 is 0. The van der Waals surface area contributed by atoms with Crippen molar-refractivity contribution in [2.45, 2.75) is 0 Å². The largest absolute Gasteiger partial charge is 0.344 e. The number of benzene rings is 1. The van der Waals surface area contributed by atoms with Crippen molar-refractivity contribution in [1.29, 1.82) is 0 Å². The van der Waals surface area contributed by atoms with Crippen molar-refractivity contribution in [2.75, 3.05) is 31.1 Å². The molecule has 0 aliphatic carbocycles.